The number of anilines is 1. The Hall–Kier alpha value is -2.53. The van der Waals surface area contributed by atoms with Gasteiger partial charge in [-0.05, 0) is 43.0 Å². The van der Waals surface area contributed by atoms with Crippen LogP contribution in [-0.2, 0) is 11.3 Å². The van der Waals surface area contributed by atoms with Crippen LogP contribution in [0.2, 0.25) is 0 Å². The highest BCUT2D eigenvalue weighted by atomic mass is 16.5. The van der Waals surface area contributed by atoms with Crippen molar-refractivity contribution in [1.82, 2.24) is 4.90 Å². The molecule has 2 amide bonds. The number of nitrogens with zero attached hydrogens (tertiary/aromatic N) is 1. The minimum atomic E-state index is -0.129. The molecule has 0 saturated heterocycles. The predicted molar refractivity (Wildman–Crippen MR) is 105 cm³/mol. The van der Waals surface area contributed by atoms with Crippen molar-refractivity contribution >= 4 is 11.7 Å². The molecule has 0 aromatic heterocycles. The second-order valence-electron chi connectivity index (χ2n) is 6.24. The Morgan fingerprint density at radius 3 is 2.54 bits per heavy atom. The topological polar surface area (TPSA) is 50.8 Å². The fourth-order valence-corrected chi connectivity index (χ4v) is 2.72. The molecule has 2 aromatic rings. The first-order valence-electron chi connectivity index (χ1n) is 8.87. The number of nitrogens with one attached hydrogen (secondary N) is 1. The Balaban J connectivity index is 2.09. The van der Waals surface area contributed by atoms with Gasteiger partial charge in [-0.1, -0.05) is 36.4 Å². The minimum absolute atomic E-state index is 0.129. The number of carbonyl (C=O) groups excluding carboxylic acids is 1. The van der Waals surface area contributed by atoms with Gasteiger partial charge in [0.15, 0.2) is 0 Å². The standard InChI is InChI=1S/C21H28N2O3/c1-17-11-12-20(26-3)19(15-17)22-21(24)23(13-7-8-14-25-2)16-18-9-5-4-6-10-18/h4-6,9-12,15H,7-8,13-14,16H2,1-3H3,(H,22,24). The van der Waals surface area contributed by atoms with Gasteiger partial charge in [0.2, 0.25) is 0 Å². The number of benzene rings is 2. The lowest BCUT2D eigenvalue weighted by molar-refractivity contribution is 0.182. The Labute approximate surface area is 155 Å². The summed E-state index contributed by atoms with van der Waals surface area (Å²) in [5.41, 5.74) is 2.86. The molecule has 0 aliphatic heterocycles. The highest BCUT2D eigenvalue weighted by molar-refractivity contribution is 5.91. The molecule has 0 unspecified atom stereocenters. The molecule has 2 aromatic carbocycles. The van der Waals surface area contributed by atoms with Crippen molar-refractivity contribution in [2.45, 2.75) is 26.3 Å². The van der Waals surface area contributed by atoms with Gasteiger partial charge in [-0.2, -0.15) is 0 Å². The number of rotatable bonds is 9. The molecule has 1 N–H and O–H groups in total. The van der Waals surface area contributed by atoms with E-state index in [4.69, 9.17) is 9.47 Å². The van der Waals surface area contributed by atoms with Gasteiger partial charge in [0.1, 0.15) is 5.75 Å². The summed E-state index contributed by atoms with van der Waals surface area (Å²) in [6.45, 7) is 3.92. The zero-order chi connectivity index (χ0) is 18.8. The number of methoxy groups -OCH3 is 2. The van der Waals surface area contributed by atoms with Crippen LogP contribution >= 0.6 is 0 Å². The number of unbranched alkanes of at least 4 members (excludes halogenated alkanes) is 1. The van der Waals surface area contributed by atoms with E-state index in [9.17, 15) is 4.79 Å². The summed E-state index contributed by atoms with van der Waals surface area (Å²) in [6.07, 6.45) is 1.81. The van der Waals surface area contributed by atoms with Gasteiger partial charge in [-0.25, -0.2) is 4.79 Å². The maximum absolute atomic E-state index is 12.9. The van der Waals surface area contributed by atoms with E-state index in [1.165, 1.54) is 0 Å². The summed E-state index contributed by atoms with van der Waals surface area (Å²) in [5.74, 6) is 0.656. The van der Waals surface area contributed by atoms with Crippen molar-refractivity contribution < 1.29 is 14.3 Å². The van der Waals surface area contributed by atoms with Gasteiger partial charge < -0.3 is 19.7 Å². The zero-order valence-corrected chi connectivity index (χ0v) is 15.8. The minimum Gasteiger partial charge on any atom is -0.495 e. The maximum atomic E-state index is 12.9. The third-order valence-corrected chi connectivity index (χ3v) is 4.13. The lowest BCUT2D eigenvalue weighted by Gasteiger charge is -2.24. The number of carbonyl (C=O) groups is 1. The number of urea groups is 1. The van der Waals surface area contributed by atoms with E-state index < -0.39 is 0 Å². The van der Waals surface area contributed by atoms with Crippen molar-refractivity contribution in [2.75, 3.05) is 32.7 Å². The summed E-state index contributed by atoms with van der Waals surface area (Å²) >= 11 is 0. The van der Waals surface area contributed by atoms with Crippen LogP contribution in [-0.4, -0.2) is 38.3 Å². The molecule has 140 valence electrons. The quantitative estimate of drug-likeness (QED) is 0.675. The second kappa shape index (κ2) is 10.5. The first-order valence-corrected chi connectivity index (χ1v) is 8.87. The fraction of sp³-hybridized carbons (Fsp3) is 0.381. The van der Waals surface area contributed by atoms with E-state index in [1.807, 2.05) is 60.4 Å². The van der Waals surface area contributed by atoms with Crippen molar-refractivity contribution in [3.05, 3.63) is 59.7 Å². The van der Waals surface area contributed by atoms with E-state index in [0.717, 1.165) is 24.0 Å². The van der Waals surface area contributed by atoms with Crippen LogP contribution in [0.15, 0.2) is 48.5 Å². The van der Waals surface area contributed by atoms with Crippen LogP contribution in [0.25, 0.3) is 0 Å². The average Bonchev–Trinajstić information content (AvgIpc) is 2.65. The summed E-state index contributed by atoms with van der Waals surface area (Å²) in [5, 5.41) is 2.99. The SMILES string of the molecule is COCCCCN(Cc1ccccc1)C(=O)Nc1cc(C)ccc1OC. The molecule has 0 radical (unpaired) electrons. The molecular weight excluding hydrogens is 328 g/mol. The van der Waals surface area contributed by atoms with Crippen LogP contribution in [0.4, 0.5) is 10.5 Å². The fourth-order valence-electron chi connectivity index (χ4n) is 2.72. The van der Waals surface area contributed by atoms with E-state index in [2.05, 4.69) is 5.32 Å². The van der Waals surface area contributed by atoms with E-state index >= 15 is 0 Å². The van der Waals surface area contributed by atoms with E-state index in [0.29, 0.717) is 31.1 Å². The Kier molecular flexibility index (Phi) is 7.96. The molecule has 0 aliphatic carbocycles. The molecule has 5 nitrogen and oxygen atoms in total. The van der Waals surface area contributed by atoms with Crippen LogP contribution < -0.4 is 10.1 Å². The van der Waals surface area contributed by atoms with Gasteiger partial charge in [0.05, 0.1) is 12.8 Å². The Morgan fingerprint density at radius 1 is 1.08 bits per heavy atom. The summed E-state index contributed by atoms with van der Waals surface area (Å²) in [4.78, 5) is 14.7. The largest absolute Gasteiger partial charge is 0.495 e. The molecule has 2 rings (SSSR count). The molecule has 0 fully saturated rings. The van der Waals surface area contributed by atoms with Crippen LogP contribution in [0.3, 0.4) is 0 Å². The van der Waals surface area contributed by atoms with Crippen molar-refractivity contribution in [2.24, 2.45) is 0 Å². The van der Waals surface area contributed by atoms with Gasteiger partial charge in [-0.15, -0.1) is 0 Å². The molecule has 0 bridgehead atoms. The smallest absolute Gasteiger partial charge is 0.322 e. The zero-order valence-electron chi connectivity index (χ0n) is 15.8. The molecule has 0 saturated carbocycles. The highest BCUT2D eigenvalue weighted by Crippen LogP contribution is 2.25. The van der Waals surface area contributed by atoms with Gasteiger partial charge in [-0.3, -0.25) is 0 Å². The Bertz CT molecular complexity index is 689. The lowest BCUT2D eigenvalue weighted by Crippen LogP contribution is -2.35. The predicted octanol–water partition coefficient (Wildman–Crippen LogP) is 4.46. The van der Waals surface area contributed by atoms with Crippen LogP contribution in [0.1, 0.15) is 24.0 Å². The molecular formula is C21H28N2O3. The third kappa shape index (κ3) is 6.08. The Morgan fingerprint density at radius 2 is 1.85 bits per heavy atom. The number of ether oxygens (including phenoxy) is 2. The number of aryl methyl sites for hydroxylation is 1. The van der Waals surface area contributed by atoms with Crippen molar-refractivity contribution in [1.29, 1.82) is 0 Å². The first kappa shape index (κ1) is 19.8. The van der Waals surface area contributed by atoms with Gasteiger partial charge >= 0.3 is 6.03 Å². The van der Waals surface area contributed by atoms with Crippen LogP contribution in [0, 0.1) is 6.92 Å². The van der Waals surface area contributed by atoms with Gasteiger partial charge in [0, 0.05) is 26.8 Å². The summed E-state index contributed by atoms with van der Waals surface area (Å²) in [6, 6.07) is 15.6. The highest BCUT2D eigenvalue weighted by Gasteiger charge is 2.16. The molecule has 0 atom stereocenters. The third-order valence-electron chi connectivity index (χ3n) is 4.13. The lowest BCUT2D eigenvalue weighted by atomic mass is 10.2. The number of hydrogen-bond acceptors (Lipinski definition) is 3. The molecule has 0 heterocycles. The number of amides is 2. The van der Waals surface area contributed by atoms with E-state index in [1.54, 1.807) is 14.2 Å². The summed E-state index contributed by atoms with van der Waals surface area (Å²) < 4.78 is 10.5. The maximum Gasteiger partial charge on any atom is 0.322 e. The first-order chi connectivity index (χ1) is 12.6. The monoisotopic (exact) mass is 356 g/mol. The van der Waals surface area contributed by atoms with Crippen molar-refractivity contribution in [3.8, 4) is 5.75 Å². The molecule has 5 heteroatoms. The van der Waals surface area contributed by atoms with Crippen LogP contribution in [0.5, 0.6) is 5.75 Å². The second-order valence-corrected chi connectivity index (χ2v) is 6.24. The normalized spacial score (nSPS) is 10.4. The molecule has 26 heavy (non-hydrogen) atoms. The number of hydrogen-bond donors (Lipinski definition) is 1. The van der Waals surface area contributed by atoms with Crippen molar-refractivity contribution in [3.63, 3.8) is 0 Å². The average molecular weight is 356 g/mol. The van der Waals surface area contributed by atoms with Gasteiger partial charge in [0.25, 0.3) is 0 Å². The molecule has 0 aliphatic rings. The summed E-state index contributed by atoms with van der Waals surface area (Å²) in [7, 11) is 3.30. The molecule has 0 spiro atoms. The van der Waals surface area contributed by atoms with E-state index in [-0.39, 0.29) is 6.03 Å².